The molecule has 0 bridgehead atoms. The van der Waals surface area contributed by atoms with E-state index in [1.54, 1.807) is 25.5 Å². The SMILES string of the molecule is CN=C(NCCCOC)NCC(c1cccs1)N(C)C. The van der Waals surface area contributed by atoms with Crippen molar-refractivity contribution in [3.63, 3.8) is 0 Å². The van der Waals surface area contributed by atoms with Crippen molar-refractivity contribution in [1.29, 1.82) is 0 Å². The first-order chi connectivity index (χ1) is 9.69. The summed E-state index contributed by atoms with van der Waals surface area (Å²) >= 11 is 1.78. The van der Waals surface area contributed by atoms with Crippen molar-refractivity contribution in [2.24, 2.45) is 4.99 Å². The number of likely N-dealkylation sites (N-methyl/N-ethyl adjacent to an activating group) is 1. The minimum Gasteiger partial charge on any atom is -0.385 e. The Bertz CT molecular complexity index is 379. The molecule has 1 aromatic rings. The van der Waals surface area contributed by atoms with E-state index in [9.17, 15) is 0 Å². The van der Waals surface area contributed by atoms with Crippen LogP contribution in [0.15, 0.2) is 22.5 Å². The molecule has 0 amide bonds. The first-order valence-corrected chi connectivity index (χ1v) is 7.70. The van der Waals surface area contributed by atoms with Crippen molar-refractivity contribution in [3.8, 4) is 0 Å². The summed E-state index contributed by atoms with van der Waals surface area (Å²) in [4.78, 5) is 7.81. The molecule has 1 heterocycles. The van der Waals surface area contributed by atoms with Gasteiger partial charge in [0.25, 0.3) is 0 Å². The maximum Gasteiger partial charge on any atom is 0.191 e. The Kier molecular flexibility index (Phi) is 8.25. The fraction of sp³-hybridized carbons (Fsp3) is 0.643. The average Bonchev–Trinajstić information content (AvgIpc) is 2.95. The van der Waals surface area contributed by atoms with Gasteiger partial charge in [0.2, 0.25) is 0 Å². The van der Waals surface area contributed by atoms with Gasteiger partial charge in [0.1, 0.15) is 0 Å². The second-order valence-electron chi connectivity index (χ2n) is 4.72. The molecule has 0 aliphatic heterocycles. The first-order valence-electron chi connectivity index (χ1n) is 6.82. The van der Waals surface area contributed by atoms with Crippen molar-refractivity contribution in [2.75, 3.05) is 47.9 Å². The van der Waals surface area contributed by atoms with Gasteiger partial charge in [-0.05, 0) is 32.0 Å². The Morgan fingerprint density at radius 3 is 2.80 bits per heavy atom. The quantitative estimate of drug-likeness (QED) is 0.434. The van der Waals surface area contributed by atoms with Crippen LogP contribution >= 0.6 is 11.3 Å². The van der Waals surface area contributed by atoms with Gasteiger partial charge in [-0.25, -0.2) is 0 Å². The number of thiophene rings is 1. The lowest BCUT2D eigenvalue weighted by Gasteiger charge is -2.24. The number of rotatable bonds is 8. The predicted molar refractivity (Wildman–Crippen MR) is 86.6 cm³/mol. The monoisotopic (exact) mass is 298 g/mol. The van der Waals surface area contributed by atoms with Gasteiger partial charge >= 0.3 is 0 Å². The summed E-state index contributed by atoms with van der Waals surface area (Å²) in [5.41, 5.74) is 0. The standard InChI is InChI=1S/C14H26N4OS/c1-15-14(16-8-6-9-19-4)17-11-12(18(2)3)13-7-5-10-20-13/h5,7,10,12H,6,8-9,11H2,1-4H3,(H2,15,16,17). The first kappa shape index (κ1) is 16.9. The molecule has 0 aliphatic rings. The van der Waals surface area contributed by atoms with Gasteiger partial charge in [-0.15, -0.1) is 11.3 Å². The lowest BCUT2D eigenvalue weighted by molar-refractivity contribution is 0.195. The summed E-state index contributed by atoms with van der Waals surface area (Å²) in [5, 5.41) is 8.78. The second-order valence-corrected chi connectivity index (χ2v) is 5.70. The molecule has 20 heavy (non-hydrogen) atoms. The third-order valence-corrected chi connectivity index (χ3v) is 3.97. The summed E-state index contributed by atoms with van der Waals surface area (Å²) in [6.45, 7) is 2.45. The molecule has 2 N–H and O–H groups in total. The second kappa shape index (κ2) is 9.74. The van der Waals surface area contributed by atoms with Gasteiger partial charge in [0.15, 0.2) is 5.96 Å². The van der Waals surface area contributed by atoms with Gasteiger partial charge in [0.05, 0.1) is 6.04 Å². The number of nitrogens with zero attached hydrogens (tertiary/aromatic N) is 2. The van der Waals surface area contributed by atoms with E-state index in [0.717, 1.165) is 32.1 Å². The van der Waals surface area contributed by atoms with Gasteiger partial charge in [-0.3, -0.25) is 4.99 Å². The molecule has 1 rings (SSSR count). The van der Waals surface area contributed by atoms with E-state index in [1.165, 1.54) is 4.88 Å². The van der Waals surface area contributed by atoms with E-state index >= 15 is 0 Å². The Labute approximate surface area is 126 Å². The Balaban J connectivity index is 2.41. The van der Waals surface area contributed by atoms with Crippen LogP contribution in [0.2, 0.25) is 0 Å². The van der Waals surface area contributed by atoms with Crippen LogP contribution in [0.3, 0.4) is 0 Å². The topological polar surface area (TPSA) is 48.9 Å². The molecular formula is C14H26N4OS. The molecule has 0 saturated heterocycles. The van der Waals surface area contributed by atoms with E-state index in [-0.39, 0.29) is 0 Å². The largest absolute Gasteiger partial charge is 0.385 e. The minimum absolute atomic E-state index is 0.354. The summed E-state index contributed by atoms with van der Waals surface area (Å²) < 4.78 is 5.03. The fourth-order valence-corrected chi connectivity index (χ4v) is 2.78. The molecule has 0 fully saturated rings. The highest BCUT2D eigenvalue weighted by atomic mass is 32.1. The molecule has 1 atom stereocenters. The number of hydrogen-bond donors (Lipinski definition) is 2. The van der Waals surface area contributed by atoms with Crippen LogP contribution in [0.5, 0.6) is 0 Å². The van der Waals surface area contributed by atoms with Crippen molar-refractivity contribution in [1.82, 2.24) is 15.5 Å². The van der Waals surface area contributed by atoms with Crippen molar-refractivity contribution >= 4 is 17.3 Å². The van der Waals surface area contributed by atoms with Crippen LogP contribution in [0.4, 0.5) is 0 Å². The van der Waals surface area contributed by atoms with Crippen LogP contribution < -0.4 is 10.6 Å². The maximum absolute atomic E-state index is 5.03. The number of ether oxygens (including phenoxy) is 1. The number of nitrogens with one attached hydrogen (secondary N) is 2. The number of guanidine groups is 1. The van der Waals surface area contributed by atoms with E-state index in [1.807, 2.05) is 0 Å². The Hall–Kier alpha value is -1.11. The highest BCUT2D eigenvalue weighted by Crippen LogP contribution is 2.22. The smallest absolute Gasteiger partial charge is 0.191 e. The van der Waals surface area contributed by atoms with Gasteiger partial charge in [-0.2, -0.15) is 0 Å². The van der Waals surface area contributed by atoms with Crippen LogP contribution in [-0.2, 0) is 4.74 Å². The van der Waals surface area contributed by atoms with Gasteiger partial charge < -0.3 is 20.3 Å². The predicted octanol–water partition coefficient (Wildman–Crippen LogP) is 1.55. The molecule has 5 nitrogen and oxygen atoms in total. The normalized spacial score (nSPS) is 13.6. The van der Waals surface area contributed by atoms with Crippen LogP contribution in [0.25, 0.3) is 0 Å². The zero-order valence-electron chi connectivity index (χ0n) is 12.8. The van der Waals surface area contributed by atoms with Crippen LogP contribution in [0, 0.1) is 0 Å². The molecule has 6 heteroatoms. The lowest BCUT2D eigenvalue weighted by Crippen LogP contribution is -2.42. The summed E-state index contributed by atoms with van der Waals surface area (Å²) in [6, 6.07) is 4.62. The number of hydrogen-bond acceptors (Lipinski definition) is 4. The molecule has 1 unspecified atom stereocenters. The fourth-order valence-electron chi connectivity index (χ4n) is 1.86. The third kappa shape index (κ3) is 5.90. The Morgan fingerprint density at radius 2 is 2.25 bits per heavy atom. The summed E-state index contributed by atoms with van der Waals surface area (Å²) in [5.74, 6) is 0.838. The Morgan fingerprint density at radius 1 is 1.45 bits per heavy atom. The number of aliphatic imine (C=N–C) groups is 1. The zero-order valence-corrected chi connectivity index (χ0v) is 13.7. The zero-order chi connectivity index (χ0) is 14.8. The highest BCUT2D eigenvalue weighted by Gasteiger charge is 2.15. The molecule has 0 radical (unpaired) electrons. The molecule has 0 aliphatic carbocycles. The molecule has 114 valence electrons. The number of methoxy groups -OCH3 is 1. The van der Waals surface area contributed by atoms with Gasteiger partial charge in [-0.1, -0.05) is 6.07 Å². The van der Waals surface area contributed by atoms with Crippen LogP contribution in [0.1, 0.15) is 17.3 Å². The molecule has 0 spiro atoms. The van der Waals surface area contributed by atoms with Crippen LogP contribution in [-0.4, -0.2) is 58.8 Å². The maximum atomic E-state index is 5.03. The summed E-state index contributed by atoms with van der Waals surface area (Å²) in [6.07, 6.45) is 0.971. The minimum atomic E-state index is 0.354. The van der Waals surface area contributed by atoms with Crippen molar-refractivity contribution in [3.05, 3.63) is 22.4 Å². The lowest BCUT2D eigenvalue weighted by atomic mass is 10.2. The van der Waals surface area contributed by atoms with E-state index < -0.39 is 0 Å². The van der Waals surface area contributed by atoms with Crippen molar-refractivity contribution in [2.45, 2.75) is 12.5 Å². The molecular weight excluding hydrogens is 272 g/mol. The van der Waals surface area contributed by atoms with Crippen molar-refractivity contribution < 1.29 is 4.74 Å². The molecule has 1 aromatic heterocycles. The molecule has 0 saturated carbocycles. The third-order valence-electron chi connectivity index (χ3n) is 3.00. The van der Waals surface area contributed by atoms with E-state index in [0.29, 0.717) is 6.04 Å². The average molecular weight is 298 g/mol. The van der Waals surface area contributed by atoms with Gasteiger partial charge in [0, 0.05) is 38.7 Å². The van der Waals surface area contributed by atoms with E-state index in [4.69, 9.17) is 4.74 Å². The molecule has 0 aromatic carbocycles. The van der Waals surface area contributed by atoms with E-state index in [2.05, 4.69) is 52.1 Å². The summed E-state index contributed by atoms with van der Waals surface area (Å²) in [7, 11) is 7.71. The highest BCUT2D eigenvalue weighted by molar-refractivity contribution is 7.10.